The number of amides is 1. The number of aliphatic hydroxyl groups excluding tert-OH is 1. The van der Waals surface area contributed by atoms with Crippen molar-refractivity contribution in [3.63, 3.8) is 0 Å². The van der Waals surface area contributed by atoms with Crippen LogP contribution in [0.2, 0.25) is 0 Å². The molecule has 34 heavy (non-hydrogen) atoms. The number of nitrogens with zero attached hydrogens (tertiary/aromatic N) is 1. The molecule has 4 atom stereocenters. The summed E-state index contributed by atoms with van der Waals surface area (Å²) in [5, 5.41) is 10.0. The summed E-state index contributed by atoms with van der Waals surface area (Å²) in [6, 6.07) is 3.29. The fourth-order valence-electron chi connectivity index (χ4n) is 2.90. The second-order valence-electron chi connectivity index (χ2n) is 7.51. The molecule has 0 spiro atoms. The average Bonchev–Trinajstić information content (AvgIpc) is 3.08. The minimum atomic E-state index is -1.45. The number of carbonyl (C=O) groups is 4. The van der Waals surface area contributed by atoms with Crippen molar-refractivity contribution in [2.75, 3.05) is 6.61 Å². The van der Waals surface area contributed by atoms with E-state index in [0.29, 0.717) is 24.8 Å². The first-order chi connectivity index (χ1) is 16.2. The molecule has 1 amide bonds. The van der Waals surface area contributed by atoms with Crippen molar-refractivity contribution in [1.29, 1.82) is 0 Å². The maximum Gasteiger partial charge on any atom is 0.306 e. The SMILES string of the molecule is CCCC(=O)OC[C@H]1OC(O)[C@H](OC(=O)CCC)[C@@H]1OC(=O)CCC.NC(=O)c1cccnc1. The third-order valence-corrected chi connectivity index (χ3v) is 4.54. The molecule has 11 heteroatoms. The van der Waals surface area contributed by atoms with Gasteiger partial charge in [0.05, 0.1) is 5.56 Å². The first-order valence-electron chi connectivity index (χ1n) is 11.3. The lowest BCUT2D eigenvalue weighted by Gasteiger charge is -2.23. The number of hydrogen-bond acceptors (Lipinski definition) is 10. The lowest BCUT2D eigenvalue weighted by Crippen LogP contribution is -2.41. The molecule has 1 aromatic heterocycles. The molecule has 0 saturated carbocycles. The van der Waals surface area contributed by atoms with Gasteiger partial charge in [0.1, 0.15) is 12.7 Å². The fraction of sp³-hybridized carbons (Fsp3) is 0.609. The van der Waals surface area contributed by atoms with Crippen LogP contribution in [-0.2, 0) is 33.3 Å². The van der Waals surface area contributed by atoms with Crippen LogP contribution >= 0.6 is 0 Å². The molecule has 1 fully saturated rings. The highest BCUT2D eigenvalue weighted by Gasteiger charge is 2.49. The van der Waals surface area contributed by atoms with Crippen molar-refractivity contribution in [3.8, 4) is 0 Å². The Labute approximate surface area is 198 Å². The van der Waals surface area contributed by atoms with Gasteiger partial charge in [-0.15, -0.1) is 0 Å². The smallest absolute Gasteiger partial charge is 0.306 e. The monoisotopic (exact) mass is 482 g/mol. The van der Waals surface area contributed by atoms with Gasteiger partial charge in [-0.25, -0.2) is 0 Å². The second-order valence-corrected chi connectivity index (χ2v) is 7.51. The molecule has 1 aliphatic heterocycles. The van der Waals surface area contributed by atoms with E-state index in [1.807, 2.05) is 20.8 Å². The first kappa shape index (κ1) is 29.0. The normalized spacial score (nSPS) is 21.1. The molecule has 2 heterocycles. The van der Waals surface area contributed by atoms with Crippen molar-refractivity contribution < 1.29 is 43.2 Å². The molecule has 1 saturated heterocycles. The van der Waals surface area contributed by atoms with Gasteiger partial charge in [0.2, 0.25) is 5.91 Å². The van der Waals surface area contributed by atoms with Crippen LogP contribution in [0.25, 0.3) is 0 Å². The molecule has 0 aromatic carbocycles. The highest BCUT2D eigenvalue weighted by molar-refractivity contribution is 5.92. The van der Waals surface area contributed by atoms with Gasteiger partial charge in [0.15, 0.2) is 18.5 Å². The second kappa shape index (κ2) is 15.7. The van der Waals surface area contributed by atoms with Crippen LogP contribution in [-0.4, -0.2) is 65.1 Å². The summed E-state index contributed by atoms with van der Waals surface area (Å²) in [5.41, 5.74) is 5.38. The Hall–Kier alpha value is -3.05. The Kier molecular flexibility index (Phi) is 13.4. The molecule has 1 aromatic rings. The standard InChI is InChI=1S/C17H28O8.C6H6N2O/c1-4-7-12(18)22-10-11-15(24-13(19)8-5-2)16(17(21)23-11)25-14(20)9-6-3;7-6(9)5-2-1-3-8-4-5/h11,15-17,21H,4-10H2,1-3H3;1-4H,(H2,7,9)/t11-,15-,16-,17?;/m1./s1. The van der Waals surface area contributed by atoms with E-state index in [1.165, 1.54) is 6.20 Å². The van der Waals surface area contributed by atoms with E-state index in [0.717, 1.165) is 0 Å². The maximum absolute atomic E-state index is 11.8. The fourth-order valence-corrected chi connectivity index (χ4v) is 2.90. The summed E-state index contributed by atoms with van der Waals surface area (Å²) in [7, 11) is 0. The summed E-state index contributed by atoms with van der Waals surface area (Å²) in [5.74, 6) is -1.87. The van der Waals surface area contributed by atoms with Gasteiger partial charge in [0, 0.05) is 31.7 Å². The number of nitrogens with two attached hydrogens (primary N) is 1. The summed E-state index contributed by atoms with van der Waals surface area (Å²) >= 11 is 0. The van der Waals surface area contributed by atoms with E-state index in [4.69, 9.17) is 24.7 Å². The van der Waals surface area contributed by atoms with Crippen molar-refractivity contribution in [2.45, 2.75) is 83.9 Å². The van der Waals surface area contributed by atoms with E-state index in [1.54, 1.807) is 18.3 Å². The molecule has 1 aliphatic rings. The minimum Gasteiger partial charge on any atom is -0.463 e. The van der Waals surface area contributed by atoms with E-state index in [9.17, 15) is 24.3 Å². The number of carbonyl (C=O) groups excluding carboxylic acids is 4. The molecule has 1 unspecified atom stereocenters. The highest BCUT2D eigenvalue weighted by atomic mass is 16.7. The lowest BCUT2D eigenvalue weighted by atomic mass is 10.1. The van der Waals surface area contributed by atoms with E-state index < -0.39 is 48.4 Å². The number of pyridine rings is 1. The number of aromatic nitrogens is 1. The van der Waals surface area contributed by atoms with E-state index >= 15 is 0 Å². The zero-order valence-electron chi connectivity index (χ0n) is 19.8. The van der Waals surface area contributed by atoms with Gasteiger partial charge in [-0.2, -0.15) is 0 Å². The largest absolute Gasteiger partial charge is 0.463 e. The first-order valence-corrected chi connectivity index (χ1v) is 11.3. The van der Waals surface area contributed by atoms with Crippen molar-refractivity contribution in [2.24, 2.45) is 5.73 Å². The molecule has 2 rings (SSSR count). The summed E-state index contributed by atoms with van der Waals surface area (Å²) in [6.45, 7) is 5.29. The molecule has 0 bridgehead atoms. The highest BCUT2D eigenvalue weighted by Crippen LogP contribution is 2.27. The van der Waals surface area contributed by atoms with Gasteiger partial charge in [-0.3, -0.25) is 24.2 Å². The van der Waals surface area contributed by atoms with Crippen LogP contribution in [0.1, 0.15) is 69.7 Å². The van der Waals surface area contributed by atoms with Gasteiger partial charge in [0.25, 0.3) is 0 Å². The van der Waals surface area contributed by atoms with Gasteiger partial charge >= 0.3 is 17.9 Å². The average molecular weight is 483 g/mol. The van der Waals surface area contributed by atoms with E-state index in [-0.39, 0.29) is 25.9 Å². The van der Waals surface area contributed by atoms with Crippen LogP contribution in [0, 0.1) is 0 Å². The number of ether oxygens (including phenoxy) is 4. The Morgan fingerprint density at radius 2 is 1.53 bits per heavy atom. The van der Waals surface area contributed by atoms with Crippen molar-refractivity contribution in [1.82, 2.24) is 4.98 Å². The van der Waals surface area contributed by atoms with Gasteiger partial charge < -0.3 is 29.8 Å². The molecule has 11 nitrogen and oxygen atoms in total. The molecule has 190 valence electrons. The molecular weight excluding hydrogens is 448 g/mol. The Morgan fingerprint density at radius 3 is 2.00 bits per heavy atom. The number of primary amides is 1. The van der Waals surface area contributed by atoms with Crippen molar-refractivity contribution in [3.05, 3.63) is 30.1 Å². The lowest BCUT2D eigenvalue weighted by molar-refractivity contribution is -0.177. The quantitative estimate of drug-likeness (QED) is 0.350. The number of hydrogen-bond donors (Lipinski definition) is 2. The third kappa shape index (κ3) is 10.3. The zero-order valence-corrected chi connectivity index (χ0v) is 19.8. The van der Waals surface area contributed by atoms with Crippen molar-refractivity contribution >= 4 is 23.8 Å². The van der Waals surface area contributed by atoms with Crippen LogP contribution in [0.4, 0.5) is 0 Å². The van der Waals surface area contributed by atoms with Gasteiger partial charge in [-0.05, 0) is 31.4 Å². The Morgan fingerprint density at radius 1 is 0.971 bits per heavy atom. The summed E-state index contributed by atoms with van der Waals surface area (Å²) in [4.78, 5) is 49.2. The topological polar surface area (TPSA) is 164 Å². The number of aliphatic hydroxyl groups is 1. The van der Waals surface area contributed by atoms with E-state index in [2.05, 4.69) is 4.98 Å². The summed E-state index contributed by atoms with van der Waals surface area (Å²) < 4.78 is 20.9. The van der Waals surface area contributed by atoms with Crippen LogP contribution in [0.3, 0.4) is 0 Å². The molecule has 3 N–H and O–H groups in total. The summed E-state index contributed by atoms with van der Waals surface area (Å²) in [6.07, 6.45) is 0.940. The zero-order chi connectivity index (χ0) is 25.5. The molecule has 0 radical (unpaired) electrons. The molecular formula is C23H34N2O9. The van der Waals surface area contributed by atoms with Crippen LogP contribution in [0.15, 0.2) is 24.5 Å². The Bertz CT molecular complexity index is 788. The maximum atomic E-state index is 11.8. The molecule has 0 aliphatic carbocycles. The predicted octanol–water partition coefficient (Wildman–Crippen LogP) is 1.65. The minimum absolute atomic E-state index is 0.176. The number of esters is 3. The van der Waals surface area contributed by atoms with Gasteiger partial charge in [-0.1, -0.05) is 20.8 Å². The van der Waals surface area contributed by atoms with Crippen LogP contribution in [0.5, 0.6) is 0 Å². The number of rotatable bonds is 11. The predicted molar refractivity (Wildman–Crippen MR) is 119 cm³/mol. The van der Waals surface area contributed by atoms with Crippen LogP contribution < -0.4 is 5.73 Å². The third-order valence-electron chi connectivity index (χ3n) is 4.54. The Balaban J connectivity index is 0.000000533.